The van der Waals surface area contributed by atoms with E-state index in [1.54, 1.807) is 0 Å². The molecule has 0 aliphatic heterocycles. The number of halogens is 1. The molecule has 1 fully saturated rings. The first kappa shape index (κ1) is 17.7. The number of carbonyl (C=O) groups is 1. The van der Waals surface area contributed by atoms with Gasteiger partial charge in [-0.1, -0.05) is 45.4 Å². The van der Waals surface area contributed by atoms with Gasteiger partial charge >= 0.3 is 0 Å². The van der Waals surface area contributed by atoms with Gasteiger partial charge < -0.3 is 11.1 Å². The minimum absolute atomic E-state index is 0. The molecule has 0 aromatic carbocycles. The van der Waals surface area contributed by atoms with Crippen LogP contribution in [0.15, 0.2) is 0 Å². The molecule has 1 saturated carbocycles. The predicted octanol–water partition coefficient (Wildman–Crippen LogP) is 3.01. The van der Waals surface area contributed by atoms with Gasteiger partial charge in [-0.25, -0.2) is 0 Å². The summed E-state index contributed by atoms with van der Waals surface area (Å²) in [5.41, 5.74) is 5.67. The largest absolute Gasteiger partial charge is 0.352 e. The highest BCUT2D eigenvalue weighted by Gasteiger charge is 2.17. The molecule has 1 atom stereocenters. The predicted molar refractivity (Wildman–Crippen MR) is 79.0 cm³/mol. The van der Waals surface area contributed by atoms with Crippen molar-refractivity contribution in [2.45, 2.75) is 70.8 Å². The van der Waals surface area contributed by atoms with E-state index in [-0.39, 0.29) is 24.4 Å². The molecule has 0 heterocycles. The van der Waals surface area contributed by atoms with Gasteiger partial charge in [0.2, 0.25) is 5.91 Å². The minimum Gasteiger partial charge on any atom is -0.352 e. The number of nitrogens with one attached hydrogen (secondary N) is 1. The first-order valence-electron chi connectivity index (χ1n) is 7.25. The number of carbonyl (C=O) groups excluding carboxylic acids is 1. The van der Waals surface area contributed by atoms with Gasteiger partial charge in [-0.15, -0.1) is 12.4 Å². The molecule has 1 unspecified atom stereocenters. The lowest BCUT2D eigenvalue weighted by molar-refractivity contribution is -0.122. The second-order valence-electron chi connectivity index (χ2n) is 5.33. The molecule has 108 valence electrons. The molecule has 0 bridgehead atoms. The van der Waals surface area contributed by atoms with Crippen molar-refractivity contribution in [3.63, 3.8) is 0 Å². The third-order valence-electron chi connectivity index (χ3n) is 3.81. The van der Waals surface area contributed by atoms with Crippen molar-refractivity contribution in [3.05, 3.63) is 0 Å². The zero-order valence-corrected chi connectivity index (χ0v) is 12.4. The summed E-state index contributed by atoms with van der Waals surface area (Å²) in [5.74, 6) is 0.996. The molecule has 0 saturated heterocycles. The van der Waals surface area contributed by atoms with Crippen LogP contribution in [0.25, 0.3) is 0 Å². The molecule has 1 aliphatic carbocycles. The molecule has 1 amide bonds. The Balaban J connectivity index is 0.00000289. The van der Waals surface area contributed by atoms with Gasteiger partial charge in [-0.05, 0) is 18.8 Å². The molecule has 1 rings (SSSR count). The number of rotatable bonds is 8. The monoisotopic (exact) mass is 276 g/mol. The van der Waals surface area contributed by atoms with E-state index in [1.165, 1.54) is 25.7 Å². The summed E-state index contributed by atoms with van der Waals surface area (Å²) in [7, 11) is 0. The first-order valence-corrected chi connectivity index (χ1v) is 7.25. The van der Waals surface area contributed by atoms with Crippen LogP contribution >= 0.6 is 12.4 Å². The summed E-state index contributed by atoms with van der Waals surface area (Å²) in [6, 6.07) is 0.186. The lowest BCUT2D eigenvalue weighted by atomic mass is 10.0. The molecule has 3 nitrogen and oxygen atoms in total. The summed E-state index contributed by atoms with van der Waals surface area (Å²) in [6.07, 6.45) is 10.4. The fourth-order valence-corrected chi connectivity index (χ4v) is 2.63. The zero-order chi connectivity index (χ0) is 12.5. The van der Waals surface area contributed by atoms with E-state index in [0.717, 1.165) is 31.6 Å². The molecular formula is C14H29ClN2O. The van der Waals surface area contributed by atoms with E-state index in [2.05, 4.69) is 12.2 Å². The second-order valence-corrected chi connectivity index (χ2v) is 5.33. The molecule has 0 radical (unpaired) electrons. The van der Waals surface area contributed by atoms with E-state index in [0.29, 0.717) is 13.0 Å². The third kappa shape index (κ3) is 7.22. The highest BCUT2D eigenvalue weighted by Crippen LogP contribution is 2.28. The first-order chi connectivity index (χ1) is 8.26. The van der Waals surface area contributed by atoms with E-state index < -0.39 is 0 Å². The van der Waals surface area contributed by atoms with E-state index in [9.17, 15) is 4.79 Å². The van der Waals surface area contributed by atoms with Gasteiger partial charge in [-0.2, -0.15) is 0 Å². The standard InChI is InChI=1S/C14H28N2O.ClH/c1-2-3-8-13(11-15)16-14(17)10-9-12-6-4-5-7-12;/h12-13H,2-11,15H2,1H3,(H,16,17);1H. The maximum absolute atomic E-state index is 11.8. The van der Waals surface area contributed by atoms with Crippen LogP contribution in [0.5, 0.6) is 0 Å². The van der Waals surface area contributed by atoms with Crippen LogP contribution in [-0.2, 0) is 4.79 Å². The van der Waals surface area contributed by atoms with E-state index in [1.807, 2.05) is 0 Å². The highest BCUT2D eigenvalue weighted by molar-refractivity contribution is 5.85. The summed E-state index contributed by atoms with van der Waals surface area (Å²) in [6.45, 7) is 2.73. The van der Waals surface area contributed by atoms with E-state index >= 15 is 0 Å². The minimum atomic E-state index is 0. The summed E-state index contributed by atoms with van der Waals surface area (Å²) in [4.78, 5) is 11.8. The topological polar surface area (TPSA) is 55.1 Å². The fourth-order valence-electron chi connectivity index (χ4n) is 2.63. The quantitative estimate of drug-likeness (QED) is 0.716. The molecule has 3 N–H and O–H groups in total. The van der Waals surface area contributed by atoms with Crippen molar-refractivity contribution in [3.8, 4) is 0 Å². The van der Waals surface area contributed by atoms with Crippen LogP contribution in [0.1, 0.15) is 64.7 Å². The van der Waals surface area contributed by atoms with Crippen LogP contribution in [-0.4, -0.2) is 18.5 Å². The second kappa shape index (κ2) is 10.6. The average molecular weight is 277 g/mol. The van der Waals surface area contributed by atoms with Gasteiger partial charge in [0.25, 0.3) is 0 Å². The fraction of sp³-hybridized carbons (Fsp3) is 0.929. The molecule has 18 heavy (non-hydrogen) atoms. The van der Waals surface area contributed by atoms with Gasteiger partial charge in [0.15, 0.2) is 0 Å². The Morgan fingerprint density at radius 3 is 2.61 bits per heavy atom. The Morgan fingerprint density at radius 1 is 1.39 bits per heavy atom. The number of nitrogens with two attached hydrogens (primary N) is 1. The normalized spacial score (nSPS) is 17.2. The van der Waals surface area contributed by atoms with Crippen molar-refractivity contribution in [2.24, 2.45) is 11.7 Å². The Morgan fingerprint density at radius 2 is 2.06 bits per heavy atom. The van der Waals surface area contributed by atoms with Crippen molar-refractivity contribution in [1.82, 2.24) is 5.32 Å². The van der Waals surface area contributed by atoms with Crippen molar-refractivity contribution in [1.29, 1.82) is 0 Å². The Bertz CT molecular complexity index is 218. The van der Waals surface area contributed by atoms with Crippen LogP contribution < -0.4 is 11.1 Å². The molecule has 0 aromatic heterocycles. The SMILES string of the molecule is CCCCC(CN)NC(=O)CCC1CCCC1.Cl. The van der Waals surface area contributed by atoms with Crippen LogP contribution in [0.3, 0.4) is 0 Å². The number of amides is 1. The zero-order valence-electron chi connectivity index (χ0n) is 11.6. The van der Waals surface area contributed by atoms with Gasteiger partial charge in [0.05, 0.1) is 0 Å². The third-order valence-corrected chi connectivity index (χ3v) is 3.81. The summed E-state index contributed by atoms with van der Waals surface area (Å²) < 4.78 is 0. The lowest BCUT2D eigenvalue weighted by Gasteiger charge is -2.17. The van der Waals surface area contributed by atoms with Crippen molar-refractivity contribution in [2.75, 3.05) is 6.54 Å². The average Bonchev–Trinajstić information content (AvgIpc) is 2.85. The molecular weight excluding hydrogens is 248 g/mol. The molecule has 0 aromatic rings. The molecule has 0 spiro atoms. The Labute approximate surface area is 118 Å². The van der Waals surface area contributed by atoms with Crippen LogP contribution in [0.2, 0.25) is 0 Å². The van der Waals surface area contributed by atoms with Crippen LogP contribution in [0, 0.1) is 5.92 Å². The summed E-state index contributed by atoms with van der Waals surface area (Å²) in [5, 5.41) is 3.06. The van der Waals surface area contributed by atoms with E-state index in [4.69, 9.17) is 5.73 Å². The Hall–Kier alpha value is -0.280. The van der Waals surface area contributed by atoms with Gasteiger partial charge in [-0.3, -0.25) is 4.79 Å². The van der Waals surface area contributed by atoms with Crippen LogP contribution in [0.4, 0.5) is 0 Å². The highest BCUT2D eigenvalue weighted by atomic mass is 35.5. The molecule has 1 aliphatic rings. The number of unbranched alkanes of at least 4 members (excludes halogenated alkanes) is 1. The van der Waals surface area contributed by atoms with Crippen molar-refractivity contribution >= 4 is 18.3 Å². The maximum Gasteiger partial charge on any atom is 0.220 e. The van der Waals surface area contributed by atoms with Gasteiger partial charge in [0.1, 0.15) is 0 Å². The Kier molecular flexibility index (Phi) is 10.5. The maximum atomic E-state index is 11.8. The van der Waals surface area contributed by atoms with Gasteiger partial charge in [0, 0.05) is 19.0 Å². The smallest absolute Gasteiger partial charge is 0.220 e. The number of hydrogen-bond acceptors (Lipinski definition) is 2. The summed E-state index contributed by atoms with van der Waals surface area (Å²) >= 11 is 0. The lowest BCUT2D eigenvalue weighted by Crippen LogP contribution is -2.40. The molecule has 4 heteroatoms. The van der Waals surface area contributed by atoms with Crippen molar-refractivity contribution < 1.29 is 4.79 Å². The number of hydrogen-bond donors (Lipinski definition) is 2.